The number of hydrogen-bond acceptors (Lipinski definition) is 6. The molecule has 0 saturated heterocycles. The minimum absolute atomic E-state index is 0.131. The maximum absolute atomic E-state index is 12.2. The fourth-order valence-electron chi connectivity index (χ4n) is 1.67. The van der Waals surface area contributed by atoms with Gasteiger partial charge in [0.1, 0.15) is 6.07 Å². The van der Waals surface area contributed by atoms with Gasteiger partial charge in [-0.05, 0) is 30.4 Å². The van der Waals surface area contributed by atoms with Crippen molar-refractivity contribution in [1.82, 2.24) is 0 Å². The number of nitrogens with zero attached hydrogens (tertiary/aromatic N) is 2. The summed E-state index contributed by atoms with van der Waals surface area (Å²) in [5.41, 5.74) is 0.377. The molecule has 1 N–H and O–H groups in total. The van der Waals surface area contributed by atoms with Crippen LogP contribution in [0.15, 0.2) is 24.3 Å². The Morgan fingerprint density at radius 2 is 1.91 bits per heavy atom. The first-order chi connectivity index (χ1) is 10.3. The van der Waals surface area contributed by atoms with Gasteiger partial charge in [0.05, 0.1) is 20.4 Å². The number of aryl methyl sites for hydroxylation is 1. The second kappa shape index (κ2) is 6.08. The summed E-state index contributed by atoms with van der Waals surface area (Å²) >= 11 is 6.43. The summed E-state index contributed by atoms with van der Waals surface area (Å²) in [5, 5.41) is 23.4. The highest BCUT2D eigenvalue weighted by Gasteiger charge is 2.27. The summed E-state index contributed by atoms with van der Waals surface area (Å²) in [5.74, 6) is -0.673. The number of benzene rings is 1. The van der Waals surface area contributed by atoms with Crippen LogP contribution >= 0.6 is 22.9 Å². The lowest BCUT2D eigenvalue weighted by molar-refractivity contribution is -0.389. The minimum Gasteiger partial charge on any atom is -0.308 e. The molecule has 2 rings (SSSR count). The molecule has 0 unspecified atom stereocenters. The van der Waals surface area contributed by atoms with E-state index in [9.17, 15) is 25.0 Å². The normalized spacial score (nSPS) is 10.3. The molecule has 1 amide bonds. The Kier molecular flexibility index (Phi) is 4.38. The van der Waals surface area contributed by atoms with E-state index < -0.39 is 26.4 Å². The molecule has 1 aromatic heterocycles. The lowest BCUT2D eigenvalue weighted by Gasteiger charge is -2.05. The number of nitro groups is 2. The molecule has 0 bridgehead atoms. The molecule has 0 spiro atoms. The fourth-order valence-corrected chi connectivity index (χ4v) is 2.71. The first-order valence-corrected chi connectivity index (χ1v) is 6.99. The second-order valence-electron chi connectivity index (χ2n) is 4.25. The zero-order valence-electron chi connectivity index (χ0n) is 11.0. The van der Waals surface area contributed by atoms with Crippen LogP contribution in [0, 0.1) is 27.2 Å². The largest absolute Gasteiger partial charge is 0.333 e. The average Bonchev–Trinajstić information content (AvgIpc) is 2.85. The zero-order valence-corrected chi connectivity index (χ0v) is 12.6. The predicted octanol–water partition coefficient (Wildman–Crippen LogP) is 3.78. The molecular formula is C12H8ClN3O5S. The molecule has 0 atom stereocenters. The van der Waals surface area contributed by atoms with E-state index >= 15 is 0 Å². The van der Waals surface area contributed by atoms with E-state index in [2.05, 4.69) is 5.32 Å². The molecule has 2 aromatic rings. The van der Waals surface area contributed by atoms with Gasteiger partial charge in [-0.1, -0.05) is 23.2 Å². The van der Waals surface area contributed by atoms with Crippen LogP contribution in [0.1, 0.15) is 15.9 Å². The Bertz CT molecular complexity index is 789. The Balaban J connectivity index is 2.37. The van der Waals surface area contributed by atoms with Crippen molar-refractivity contribution < 1.29 is 14.6 Å². The molecule has 0 aliphatic carbocycles. The molecule has 22 heavy (non-hydrogen) atoms. The minimum atomic E-state index is -0.795. The Hall–Kier alpha value is -2.52. The third-order valence-electron chi connectivity index (χ3n) is 2.67. The summed E-state index contributed by atoms with van der Waals surface area (Å²) < 4.78 is 0. The van der Waals surface area contributed by atoms with E-state index in [0.29, 0.717) is 11.3 Å². The third kappa shape index (κ3) is 3.21. The average molecular weight is 342 g/mol. The van der Waals surface area contributed by atoms with Crippen LogP contribution in [0.3, 0.4) is 0 Å². The molecule has 1 aromatic carbocycles. The van der Waals surface area contributed by atoms with Gasteiger partial charge in [0.2, 0.25) is 0 Å². The summed E-state index contributed by atoms with van der Waals surface area (Å²) in [6, 6.07) is 5.55. The number of carbonyl (C=O) groups excluding carboxylic acids is 1. The van der Waals surface area contributed by atoms with Crippen molar-refractivity contribution in [3.8, 4) is 0 Å². The quantitative estimate of drug-likeness (QED) is 0.671. The maximum Gasteiger partial charge on any atom is 0.333 e. The number of nitrogens with one attached hydrogen (secondary N) is 1. The highest BCUT2D eigenvalue weighted by molar-refractivity contribution is 7.20. The monoisotopic (exact) mass is 341 g/mol. The van der Waals surface area contributed by atoms with Gasteiger partial charge >= 0.3 is 10.7 Å². The highest BCUT2D eigenvalue weighted by atomic mass is 35.5. The number of amides is 1. The van der Waals surface area contributed by atoms with E-state index in [0.717, 1.165) is 11.6 Å². The molecule has 0 aliphatic heterocycles. The first-order valence-electron chi connectivity index (χ1n) is 5.79. The van der Waals surface area contributed by atoms with Crippen LogP contribution in [0.5, 0.6) is 0 Å². The van der Waals surface area contributed by atoms with Gasteiger partial charge in [-0.15, -0.1) is 0 Å². The van der Waals surface area contributed by atoms with E-state index in [1.165, 1.54) is 12.1 Å². The van der Waals surface area contributed by atoms with E-state index in [4.69, 9.17) is 11.6 Å². The molecule has 10 heteroatoms. The molecule has 0 saturated carbocycles. The van der Waals surface area contributed by atoms with Crippen molar-refractivity contribution >= 4 is 44.5 Å². The van der Waals surface area contributed by atoms with Gasteiger partial charge in [-0.25, -0.2) is 0 Å². The SMILES string of the molecule is Cc1ccc(Cl)c(C(=O)Nc2sc([N+](=O)[O-])cc2[N+](=O)[O-])c1. The molecule has 0 fully saturated rings. The Labute approximate surface area is 132 Å². The number of hydrogen-bond donors (Lipinski definition) is 1. The van der Waals surface area contributed by atoms with Gasteiger partial charge in [-0.3, -0.25) is 25.0 Å². The molecule has 114 valence electrons. The van der Waals surface area contributed by atoms with E-state index in [-0.39, 0.29) is 15.6 Å². The molecular weight excluding hydrogens is 334 g/mol. The Morgan fingerprint density at radius 1 is 1.23 bits per heavy atom. The number of rotatable bonds is 4. The standard InChI is InChI=1S/C12H8ClN3O5S/c1-6-2-3-8(13)7(4-6)11(17)14-12-9(15(18)19)5-10(22-12)16(20)21/h2-5H,1H3,(H,14,17). The lowest BCUT2D eigenvalue weighted by Crippen LogP contribution is -2.12. The van der Waals surface area contributed by atoms with Crippen LogP contribution in [-0.2, 0) is 0 Å². The topological polar surface area (TPSA) is 115 Å². The summed E-state index contributed by atoms with van der Waals surface area (Å²) in [6.45, 7) is 1.76. The van der Waals surface area contributed by atoms with Crippen molar-refractivity contribution in [3.05, 3.63) is 60.6 Å². The molecule has 0 radical (unpaired) electrons. The van der Waals surface area contributed by atoms with Crippen molar-refractivity contribution in [2.75, 3.05) is 5.32 Å². The number of carbonyl (C=O) groups is 1. The van der Waals surface area contributed by atoms with Crippen molar-refractivity contribution in [2.45, 2.75) is 6.92 Å². The lowest BCUT2D eigenvalue weighted by atomic mass is 10.1. The van der Waals surface area contributed by atoms with E-state index in [1.54, 1.807) is 13.0 Å². The van der Waals surface area contributed by atoms with Gasteiger partial charge in [0.25, 0.3) is 5.91 Å². The van der Waals surface area contributed by atoms with Crippen LogP contribution in [0.4, 0.5) is 15.7 Å². The molecule has 0 aliphatic rings. The number of anilines is 1. The van der Waals surface area contributed by atoms with Crippen molar-refractivity contribution in [2.24, 2.45) is 0 Å². The van der Waals surface area contributed by atoms with Gasteiger partial charge < -0.3 is 5.32 Å². The zero-order chi connectivity index (χ0) is 16.4. The maximum atomic E-state index is 12.2. The van der Waals surface area contributed by atoms with Gasteiger partial charge in [0.15, 0.2) is 5.00 Å². The van der Waals surface area contributed by atoms with E-state index in [1.807, 2.05) is 0 Å². The summed E-state index contributed by atoms with van der Waals surface area (Å²) in [6.07, 6.45) is 0. The van der Waals surface area contributed by atoms with Crippen LogP contribution in [0.2, 0.25) is 5.02 Å². The molecule has 8 nitrogen and oxygen atoms in total. The smallest absolute Gasteiger partial charge is 0.308 e. The highest BCUT2D eigenvalue weighted by Crippen LogP contribution is 2.39. The molecule has 1 heterocycles. The summed E-state index contributed by atoms with van der Waals surface area (Å²) in [4.78, 5) is 32.2. The summed E-state index contributed by atoms with van der Waals surface area (Å²) in [7, 11) is 0. The number of halogens is 1. The van der Waals surface area contributed by atoms with Crippen molar-refractivity contribution in [3.63, 3.8) is 0 Å². The first kappa shape index (κ1) is 15.9. The number of thiophene rings is 1. The van der Waals surface area contributed by atoms with Gasteiger partial charge in [-0.2, -0.15) is 0 Å². The van der Waals surface area contributed by atoms with Crippen LogP contribution < -0.4 is 5.32 Å². The predicted molar refractivity (Wildman–Crippen MR) is 81.8 cm³/mol. The third-order valence-corrected chi connectivity index (χ3v) is 3.99. The second-order valence-corrected chi connectivity index (χ2v) is 5.69. The van der Waals surface area contributed by atoms with Crippen LogP contribution in [-0.4, -0.2) is 15.8 Å². The van der Waals surface area contributed by atoms with Gasteiger partial charge in [0, 0.05) is 0 Å². The van der Waals surface area contributed by atoms with Crippen molar-refractivity contribution in [1.29, 1.82) is 0 Å². The Morgan fingerprint density at radius 3 is 2.50 bits per heavy atom. The fraction of sp³-hybridized carbons (Fsp3) is 0.0833. The van der Waals surface area contributed by atoms with Crippen LogP contribution in [0.25, 0.3) is 0 Å².